The number of thiophene rings is 1. The Kier molecular flexibility index (Phi) is 1.90. The lowest BCUT2D eigenvalue weighted by Crippen LogP contribution is -1.60. The Labute approximate surface area is 78.8 Å². The van der Waals surface area contributed by atoms with Crippen molar-refractivity contribution in [3.63, 3.8) is 0 Å². The van der Waals surface area contributed by atoms with Crippen LogP contribution in [0, 0.1) is 6.92 Å². The minimum atomic E-state index is 0.763. The van der Waals surface area contributed by atoms with Gasteiger partial charge in [-0.2, -0.15) is 0 Å². The smallest absolute Gasteiger partial charge is 0.177 e. The first kappa shape index (κ1) is 7.83. The van der Waals surface area contributed by atoms with Crippen LogP contribution in [0.2, 0.25) is 4.34 Å². The molecule has 0 N–H and O–H groups in total. The second-order valence-electron chi connectivity index (χ2n) is 2.44. The number of aryl methyl sites for hydroxylation is 1. The van der Waals surface area contributed by atoms with Crippen LogP contribution in [0.3, 0.4) is 0 Å². The highest BCUT2D eigenvalue weighted by molar-refractivity contribution is 7.19. The minimum absolute atomic E-state index is 0.763. The van der Waals surface area contributed by atoms with Crippen LogP contribution >= 0.6 is 22.9 Å². The van der Waals surface area contributed by atoms with E-state index in [2.05, 4.69) is 5.16 Å². The minimum Gasteiger partial charge on any atom is -0.355 e. The zero-order chi connectivity index (χ0) is 8.55. The highest BCUT2D eigenvalue weighted by Gasteiger charge is 2.06. The Morgan fingerprint density at radius 2 is 2.33 bits per heavy atom. The second kappa shape index (κ2) is 2.92. The second-order valence-corrected chi connectivity index (χ2v) is 4.15. The number of halogens is 1. The summed E-state index contributed by atoms with van der Waals surface area (Å²) in [4.78, 5) is 1.01. The predicted octanol–water partition coefficient (Wildman–Crippen LogP) is 3.36. The summed E-state index contributed by atoms with van der Waals surface area (Å²) in [6, 6.07) is 5.66. The Bertz CT molecular complexity index is 355. The van der Waals surface area contributed by atoms with Crippen LogP contribution in [-0.4, -0.2) is 5.16 Å². The lowest BCUT2D eigenvalue weighted by Gasteiger charge is -1.83. The summed E-state index contributed by atoms with van der Waals surface area (Å²) < 4.78 is 5.83. The highest BCUT2D eigenvalue weighted by Crippen LogP contribution is 2.30. The number of hydrogen-bond acceptors (Lipinski definition) is 3. The van der Waals surface area contributed by atoms with Crippen LogP contribution in [0.25, 0.3) is 10.6 Å². The third-order valence-electron chi connectivity index (χ3n) is 1.44. The normalized spacial score (nSPS) is 10.5. The van der Waals surface area contributed by atoms with Crippen molar-refractivity contribution >= 4 is 22.9 Å². The van der Waals surface area contributed by atoms with Gasteiger partial charge < -0.3 is 4.52 Å². The molecule has 2 aromatic rings. The summed E-state index contributed by atoms with van der Waals surface area (Å²) in [5.41, 5.74) is 0.884. The standard InChI is InChI=1S/C8H6ClNOS/c1-5-4-6(11-10-5)7-2-3-8(9)12-7/h2-4H,1H3. The van der Waals surface area contributed by atoms with E-state index in [0.717, 1.165) is 20.7 Å². The summed E-state index contributed by atoms with van der Waals surface area (Å²) in [6.07, 6.45) is 0. The molecule has 0 saturated heterocycles. The first-order valence-corrected chi connectivity index (χ1v) is 4.64. The zero-order valence-corrected chi connectivity index (χ0v) is 7.95. The molecule has 0 aliphatic carbocycles. The van der Waals surface area contributed by atoms with Gasteiger partial charge in [0.05, 0.1) is 14.9 Å². The van der Waals surface area contributed by atoms with Gasteiger partial charge in [0.25, 0.3) is 0 Å². The van der Waals surface area contributed by atoms with Crippen LogP contribution in [0.1, 0.15) is 5.69 Å². The summed E-state index contributed by atoms with van der Waals surface area (Å²) in [7, 11) is 0. The molecular formula is C8H6ClNOS. The number of rotatable bonds is 1. The Hall–Kier alpha value is -0.800. The maximum atomic E-state index is 5.77. The first-order valence-electron chi connectivity index (χ1n) is 3.45. The van der Waals surface area contributed by atoms with Crippen LogP contribution in [0.5, 0.6) is 0 Å². The molecule has 0 saturated carbocycles. The third kappa shape index (κ3) is 1.38. The van der Waals surface area contributed by atoms with E-state index in [-0.39, 0.29) is 0 Å². The van der Waals surface area contributed by atoms with Crippen molar-refractivity contribution in [2.75, 3.05) is 0 Å². The van der Waals surface area contributed by atoms with E-state index in [1.807, 2.05) is 25.1 Å². The van der Waals surface area contributed by atoms with Gasteiger partial charge in [-0.3, -0.25) is 0 Å². The molecule has 0 bridgehead atoms. The number of hydrogen-bond donors (Lipinski definition) is 0. The quantitative estimate of drug-likeness (QED) is 0.704. The Balaban J connectivity index is 2.43. The fourth-order valence-corrected chi connectivity index (χ4v) is 1.92. The van der Waals surface area contributed by atoms with Crippen molar-refractivity contribution in [2.24, 2.45) is 0 Å². The molecule has 62 valence electrons. The van der Waals surface area contributed by atoms with Gasteiger partial charge in [0.15, 0.2) is 5.76 Å². The van der Waals surface area contributed by atoms with E-state index in [1.165, 1.54) is 11.3 Å². The van der Waals surface area contributed by atoms with Crippen molar-refractivity contribution in [1.29, 1.82) is 0 Å². The molecule has 2 aromatic heterocycles. The largest absolute Gasteiger partial charge is 0.355 e. The topological polar surface area (TPSA) is 26.0 Å². The molecule has 0 aliphatic rings. The molecule has 0 fully saturated rings. The van der Waals surface area contributed by atoms with E-state index in [1.54, 1.807) is 0 Å². The summed E-state index contributed by atoms with van der Waals surface area (Å²) in [5.74, 6) is 0.782. The average molecular weight is 200 g/mol. The fourth-order valence-electron chi connectivity index (χ4n) is 0.926. The van der Waals surface area contributed by atoms with Gasteiger partial charge in [0, 0.05) is 6.07 Å². The molecule has 2 rings (SSSR count). The van der Waals surface area contributed by atoms with E-state index in [9.17, 15) is 0 Å². The van der Waals surface area contributed by atoms with Gasteiger partial charge in [-0.1, -0.05) is 16.8 Å². The van der Waals surface area contributed by atoms with E-state index in [0.29, 0.717) is 0 Å². The molecule has 2 heterocycles. The lowest BCUT2D eigenvalue weighted by atomic mass is 10.3. The Morgan fingerprint density at radius 3 is 2.83 bits per heavy atom. The van der Waals surface area contributed by atoms with Crippen molar-refractivity contribution in [3.8, 4) is 10.6 Å². The molecule has 2 nitrogen and oxygen atoms in total. The van der Waals surface area contributed by atoms with E-state index in [4.69, 9.17) is 16.1 Å². The van der Waals surface area contributed by atoms with Crippen LogP contribution in [-0.2, 0) is 0 Å². The fraction of sp³-hybridized carbons (Fsp3) is 0.125. The average Bonchev–Trinajstić information content (AvgIpc) is 2.58. The SMILES string of the molecule is Cc1cc(-c2ccc(Cl)s2)on1. The van der Waals surface area contributed by atoms with E-state index >= 15 is 0 Å². The summed E-state index contributed by atoms with van der Waals surface area (Å²) >= 11 is 7.26. The van der Waals surface area contributed by atoms with Crippen molar-refractivity contribution in [2.45, 2.75) is 6.92 Å². The lowest BCUT2D eigenvalue weighted by molar-refractivity contribution is 0.428. The van der Waals surface area contributed by atoms with Crippen LogP contribution in [0.15, 0.2) is 22.7 Å². The molecule has 0 unspecified atom stereocenters. The Morgan fingerprint density at radius 1 is 1.50 bits per heavy atom. The van der Waals surface area contributed by atoms with Gasteiger partial charge in [-0.25, -0.2) is 0 Å². The molecule has 4 heteroatoms. The maximum absolute atomic E-state index is 5.77. The van der Waals surface area contributed by atoms with Gasteiger partial charge in [-0.05, 0) is 19.1 Å². The number of nitrogens with zero attached hydrogens (tertiary/aromatic N) is 1. The monoisotopic (exact) mass is 199 g/mol. The zero-order valence-electron chi connectivity index (χ0n) is 6.37. The molecule has 0 amide bonds. The van der Waals surface area contributed by atoms with Gasteiger partial charge in [0.1, 0.15) is 0 Å². The molecule has 0 radical (unpaired) electrons. The highest BCUT2D eigenvalue weighted by atomic mass is 35.5. The van der Waals surface area contributed by atoms with Crippen LogP contribution < -0.4 is 0 Å². The maximum Gasteiger partial charge on any atom is 0.177 e. The van der Waals surface area contributed by atoms with Crippen molar-refractivity contribution in [3.05, 3.63) is 28.2 Å². The van der Waals surface area contributed by atoms with E-state index < -0.39 is 0 Å². The van der Waals surface area contributed by atoms with Gasteiger partial charge >= 0.3 is 0 Å². The molecule has 0 spiro atoms. The molecule has 0 atom stereocenters. The molecule has 0 aliphatic heterocycles. The molecule has 0 aromatic carbocycles. The predicted molar refractivity (Wildman–Crippen MR) is 49.6 cm³/mol. The molecular weight excluding hydrogens is 194 g/mol. The number of aromatic nitrogens is 1. The summed E-state index contributed by atoms with van der Waals surface area (Å²) in [6.45, 7) is 1.89. The van der Waals surface area contributed by atoms with Crippen LogP contribution in [0.4, 0.5) is 0 Å². The van der Waals surface area contributed by atoms with Gasteiger partial charge in [0.2, 0.25) is 0 Å². The molecule has 12 heavy (non-hydrogen) atoms. The van der Waals surface area contributed by atoms with Gasteiger partial charge in [-0.15, -0.1) is 11.3 Å². The van der Waals surface area contributed by atoms with Crippen molar-refractivity contribution in [1.82, 2.24) is 5.16 Å². The first-order chi connectivity index (χ1) is 5.75. The van der Waals surface area contributed by atoms with Crippen molar-refractivity contribution < 1.29 is 4.52 Å². The summed E-state index contributed by atoms with van der Waals surface area (Å²) in [5, 5.41) is 3.79. The third-order valence-corrected chi connectivity index (χ3v) is 2.69.